The fourth-order valence-corrected chi connectivity index (χ4v) is 4.37. The molecule has 0 atom stereocenters. The topological polar surface area (TPSA) is 60.7 Å². The van der Waals surface area contributed by atoms with E-state index in [1.807, 2.05) is 0 Å². The van der Waals surface area contributed by atoms with Crippen LogP contribution < -0.4 is 9.54 Å². The fraction of sp³-hybridized carbons (Fsp3) is 0.133. The molecule has 0 saturated carbocycles. The van der Waals surface area contributed by atoms with Gasteiger partial charge in [0.1, 0.15) is 11.6 Å². The lowest BCUT2D eigenvalue weighted by Gasteiger charge is -2.01. The quantitative estimate of drug-likeness (QED) is 0.728. The lowest BCUT2D eigenvalue weighted by atomic mass is 10.3. The van der Waals surface area contributed by atoms with E-state index in [0.717, 1.165) is 16.9 Å². The van der Waals surface area contributed by atoms with Gasteiger partial charge in [-0.25, -0.2) is 4.39 Å². The number of hydrogen-bond donors (Lipinski definition) is 0. The number of sulfonamides is 1. The van der Waals surface area contributed by atoms with Crippen LogP contribution in [0.25, 0.3) is 10.2 Å². The second-order valence-corrected chi connectivity index (χ2v) is 7.41. The van der Waals surface area contributed by atoms with Gasteiger partial charge in [0.25, 0.3) is 10.0 Å². The van der Waals surface area contributed by atoms with E-state index in [2.05, 4.69) is 4.40 Å². The van der Waals surface area contributed by atoms with Crippen LogP contribution in [0.4, 0.5) is 4.39 Å². The molecule has 0 amide bonds. The Kier molecular flexibility index (Phi) is 3.95. The number of rotatable bonds is 3. The van der Waals surface area contributed by atoms with Crippen LogP contribution in [0.1, 0.15) is 0 Å². The fourth-order valence-electron chi connectivity index (χ4n) is 2.10. The van der Waals surface area contributed by atoms with Gasteiger partial charge in [0.2, 0.25) is 4.80 Å². The van der Waals surface area contributed by atoms with Crippen LogP contribution >= 0.6 is 11.3 Å². The molecule has 0 saturated heterocycles. The highest BCUT2D eigenvalue weighted by Gasteiger charge is 2.14. The number of hydrogen-bond acceptors (Lipinski definition) is 4. The smallest absolute Gasteiger partial charge is 0.285 e. The molecular weight excluding hydrogens is 339 g/mol. The zero-order valence-corrected chi connectivity index (χ0v) is 14.0. The molecule has 5 nitrogen and oxygen atoms in total. The minimum Gasteiger partial charge on any atom is -0.497 e. The Hall–Kier alpha value is -2.19. The Bertz CT molecular complexity index is 1030. The van der Waals surface area contributed by atoms with Crippen molar-refractivity contribution in [2.24, 2.45) is 11.4 Å². The van der Waals surface area contributed by atoms with E-state index in [0.29, 0.717) is 10.4 Å². The van der Waals surface area contributed by atoms with Gasteiger partial charge >= 0.3 is 0 Å². The summed E-state index contributed by atoms with van der Waals surface area (Å²) in [6, 6.07) is 10.3. The predicted octanol–water partition coefficient (Wildman–Crippen LogP) is 2.68. The summed E-state index contributed by atoms with van der Waals surface area (Å²) in [7, 11) is -0.656. The van der Waals surface area contributed by atoms with E-state index in [1.54, 1.807) is 29.8 Å². The summed E-state index contributed by atoms with van der Waals surface area (Å²) in [6.45, 7) is 0. The number of aromatic nitrogens is 1. The minimum atomic E-state index is -3.85. The van der Waals surface area contributed by atoms with Gasteiger partial charge < -0.3 is 9.30 Å². The number of ether oxygens (including phenoxy) is 1. The molecule has 0 aliphatic rings. The summed E-state index contributed by atoms with van der Waals surface area (Å²) in [6.07, 6.45) is 0. The van der Waals surface area contributed by atoms with Crippen LogP contribution in [-0.2, 0) is 17.1 Å². The first-order valence-corrected chi connectivity index (χ1v) is 8.86. The summed E-state index contributed by atoms with van der Waals surface area (Å²) >= 11 is 1.12. The van der Waals surface area contributed by atoms with Crippen LogP contribution in [0.2, 0.25) is 0 Å². The van der Waals surface area contributed by atoms with Crippen LogP contribution in [0.3, 0.4) is 0 Å². The number of methoxy groups -OCH3 is 1. The number of thiazole rings is 1. The molecule has 1 aromatic heterocycles. The number of benzene rings is 2. The van der Waals surface area contributed by atoms with Gasteiger partial charge in [-0.05, 0) is 42.5 Å². The molecule has 23 heavy (non-hydrogen) atoms. The van der Waals surface area contributed by atoms with Crippen molar-refractivity contribution in [2.75, 3.05) is 7.11 Å². The van der Waals surface area contributed by atoms with Crippen LogP contribution in [0, 0.1) is 5.82 Å². The molecule has 0 radical (unpaired) electrons. The first-order valence-electron chi connectivity index (χ1n) is 6.61. The number of fused-ring (bicyclic) bond motifs is 1. The standard InChI is InChI=1S/C15H13FN2O3S2/c1-18-13-8-3-10(16)9-14(13)22-15(18)17-23(19,20)12-6-4-11(21-2)5-7-12/h3-9H,1-2H3. The molecule has 0 spiro atoms. The van der Waals surface area contributed by atoms with E-state index in [-0.39, 0.29) is 15.5 Å². The number of halogens is 1. The van der Waals surface area contributed by atoms with E-state index < -0.39 is 10.0 Å². The second-order valence-electron chi connectivity index (χ2n) is 4.80. The lowest BCUT2D eigenvalue weighted by molar-refractivity contribution is 0.414. The molecule has 8 heteroatoms. The van der Waals surface area contributed by atoms with E-state index in [1.165, 1.54) is 31.4 Å². The third-order valence-corrected chi connectivity index (χ3v) is 5.82. The number of aryl methyl sites for hydroxylation is 1. The van der Waals surface area contributed by atoms with Gasteiger partial charge in [-0.2, -0.15) is 8.42 Å². The maximum absolute atomic E-state index is 13.3. The SMILES string of the molecule is COc1ccc(S(=O)(=O)N=c2sc3cc(F)ccc3n2C)cc1. The van der Waals surface area contributed by atoms with Crippen molar-refractivity contribution in [3.63, 3.8) is 0 Å². The summed E-state index contributed by atoms with van der Waals surface area (Å²) in [5.74, 6) is 0.191. The van der Waals surface area contributed by atoms with Gasteiger partial charge in [-0.1, -0.05) is 11.3 Å². The molecule has 0 N–H and O–H groups in total. The van der Waals surface area contributed by atoms with E-state index >= 15 is 0 Å². The Labute approximate surface area is 136 Å². The van der Waals surface area contributed by atoms with Crippen molar-refractivity contribution in [1.82, 2.24) is 4.57 Å². The molecular formula is C15H13FN2O3S2. The van der Waals surface area contributed by atoms with E-state index in [9.17, 15) is 12.8 Å². The first kappa shape index (κ1) is 15.7. The molecule has 0 bridgehead atoms. The van der Waals surface area contributed by atoms with E-state index in [4.69, 9.17) is 4.74 Å². The Morgan fingerprint density at radius 3 is 2.52 bits per heavy atom. The summed E-state index contributed by atoms with van der Waals surface area (Å²) in [4.78, 5) is 0.350. The summed E-state index contributed by atoms with van der Waals surface area (Å²) < 4.78 is 49.2. The molecule has 1 heterocycles. The highest BCUT2D eigenvalue weighted by Crippen LogP contribution is 2.20. The molecule has 2 aromatic carbocycles. The van der Waals surface area contributed by atoms with Crippen LogP contribution in [0.15, 0.2) is 51.8 Å². The molecule has 0 unspecified atom stereocenters. The van der Waals surface area contributed by atoms with Crippen molar-refractivity contribution in [2.45, 2.75) is 4.90 Å². The first-order chi connectivity index (χ1) is 10.9. The zero-order chi connectivity index (χ0) is 16.6. The highest BCUT2D eigenvalue weighted by atomic mass is 32.2. The van der Waals surface area contributed by atoms with Gasteiger partial charge in [0, 0.05) is 7.05 Å². The Balaban J connectivity index is 2.14. The summed E-state index contributed by atoms with van der Waals surface area (Å²) in [5.41, 5.74) is 0.722. The molecule has 0 aliphatic heterocycles. The number of nitrogens with zero attached hydrogens (tertiary/aromatic N) is 2. The predicted molar refractivity (Wildman–Crippen MR) is 86.5 cm³/mol. The maximum Gasteiger partial charge on any atom is 0.285 e. The zero-order valence-electron chi connectivity index (χ0n) is 12.4. The average molecular weight is 352 g/mol. The van der Waals surface area contributed by atoms with Crippen molar-refractivity contribution in [1.29, 1.82) is 0 Å². The maximum atomic E-state index is 13.3. The average Bonchev–Trinajstić information content (AvgIpc) is 2.82. The molecule has 0 fully saturated rings. The normalized spacial score (nSPS) is 12.7. The second kappa shape index (κ2) is 5.78. The molecule has 3 aromatic rings. The van der Waals surface area contributed by atoms with Gasteiger partial charge in [-0.3, -0.25) is 0 Å². The Morgan fingerprint density at radius 1 is 1.17 bits per heavy atom. The monoisotopic (exact) mass is 352 g/mol. The van der Waals surface area contributed by atoms with Crippen molar-refractivity contribution < 1.29 is 17.5 Å². The van der Waals surface area contributed by atoms with Gasteiger partial charge in [-0.15, -0.1) is 4.40 Å². The van der Waals surface area contributed by atoms with Crippen LogP contribution in [-0.4, -0.2) is 20.1 Å². The third kappa shape index (κ3) is 2.99. The van der Waals surface area contributed by atoms with Crippen molar-refractivity contribution in [3.8, 4) is 5.75 Å². The lowest BCUT2D eigenvalue weighted by Crippen LogP contribution is -2.13. The molecule has 0 aliphatic carbocycles. The summed E-state index contributed by atoms with van der Waals surface area (Å²) in [5, 5.41) is 0. The molecule has 3 rings (SSSR count). The molecule has 120 valence electrons. The Morgan fingerprint density at radius 2 is 1.87 bits per heavy atom. The van der Waals surface area contributed by atoms with Crippen molar-refractivity contribution >= 4 is 31.6 Å². The van der Waals surface area contributed by atoms with Crippen molar-refractivity contribution in [3.05, 3.63) is 53.1 Å². The van der Waals surface area contributed by atoms with Gasteiger partial charge in [0.15, 0.2) is 0 Å². The van der Waals surface area contributed by atoms with Gasteiger partial charge in [0.05, 0.1) is 22.2 Å². The third-order valence-electron chi connectivity index (χ3n) is 3.33. The van der Waals surface area contributed by atoms with Crippen LogP contribution in [0.5, 0.6) is 5.75 Å². The highest BCUT2D eigenvalue weighted by molar-refractivity contribution is 7.90. The largest absolute Gasteiger partial charge is 0.497 e. The minimum absolute atomic E-state index is 0.0712.